The first-order valence-corrected chi connectivity index (χ1v) is 9.04. The van der Waals surface area contributed by atoms with Crippen LogP contribution in [0.3, 0.4) is 0 Å². The Labute approximate surface area is 155 Å². The van der Waals surface area contributed by atoms with Crippen molar-refractivity contribution in [2.24, 2.45) is 11.8 Å². The number of nitrogens with one attached hydrogen (secondary N) is 1. The summed E-state index contributed by atoms with van der Waals surface area (Å²) in [6, 6.07) is 5.68. The van der Waals surface area contributed by atoms with Gasteiger partial charge in [0.2, 0.25) is 0 Å². The van der Waals surface area contributed by atoms with E-state index in [0.717, 1.165) is 30.2 Å². The van der Waals surface area contributed by atoms with Gasteiger partial charge in [0.15, 0.2) is 11.6 Å². The van der Waals surface area contributed by atoms with Crippen LogP contribution in [-0.2, 0) is 0 Å². The van der Waals surface area contributed by atoms with Gasteiger partial charge in [-0.15, -0.1) is 0 Å². The van der Waals surface area contributed by atoms with Crippen LogP contribution in [0.25, 0.3) is 0 Å². The molecule has 2 aromatic rings. The minimum atomic E-state index is 0.517. The molecule has 3 N–H and O–H groups in total. The number of aromatic nitrogens is 2. The summed E-state index contributed by atoms with van der Waals surface area (Å²) >= 11 is 6.03. The summed E-state index contributed by atoms with van der Waals surface area (Å²) in [6.45, 7) is 12.6. The Balaban J connectivity index is 2.33. The molecule has 0 spiro atoms. The van der Waals surface area contributed by atoms with Gasteiger partial charge in [-0.05, 0) is 42.5 Å². The summed E-state index contributed by atoms with van der Waals surface area (Å²) in [7, 11) is 0. The lowest BCUT2D eigenvalue weighted by Gasteiger charge is -2.28. The third kappa shape index (κ3) is 5.23. The number of hydrogen-bond donors (Lipinski definition) is 2. The predicted molar refractivity (Wildman–Crippen MR) is 108 cm³/mol. The fraction of sp³-hybridized carbons (Fsp3) is 0.474. The van der Waals surface area contributed by atoms with E-state index in [1.807, 2.05) is 25.1 Å². The molecule has 1 aromatic heterocycles. The maximum absolute atomic E-state index is 6.41. The van der Waals surface area contributed by atoms with Gasteiger partial charge < -0.3 is 16.0 Å². The number of halogens is 1. The van der Waals surface area contributed by atoms with E-state index in [0.29, 0.717) is 28.4 Å². The van der Waals surface area contributed by atoms with E-state index in [9.17, 15) is 0 Å². The second-order valence-electron chi connectivity index (χ2n) is 7.24. The molecule has 0 fully saturated rings. The monoisotopic (exact) mass is 361 g/mol. The van der Waals surface area contributed by atoms with Gasteiger partial charge in [0, 0.05) is 23.8 Å². The van der Waals surface area contributed by atoms with Crippen LogP contribution in [0.2, 0.25) is 5.02 Å². The highest BCUT2D eigenvalue weighted by molar-refractivity contribution is 6.30. The SMILES string of the molecule is Cc1cc(Cl)ccc1Nc1ncnc(N(CC(C)C)CC(C)C)c1N. The van der Waals surface area contributed by atoms with Crippen molar-refractivity contribution in [3.8, 4) is 0 Å². The molecular formula is C19H28ClN5. The normalized spacial score (nSPS) is 11.2. The second-order valence-corrected chi connectivity index (χ2v) is 7.67. The zero-order chi connectivity index (χ0) is 18.6. The van der Waals surface area contributed by atoms with Gasteiger partial charge in [-0.2, -0.15) is 0 Å². The van der Waals surface area contributed by atoms with Crippen molar-refractivity contribution in [1.82, 2.24) is 9.97 Å². The molecule has 6 heteroatoms. The average molecular weight is 362 g/mol. The van der Waals surface area contributed by atoms with E-state index in [4.69, 9.17) is 17.3 Å². The largest absolute Gasteiger partial charge is 0.393 e. The minimum absolute atomic E-state index is 0.517. The minimum Gasteiger partial charge on any atom is -0.393 e. The Kier molecular flexibility index (Phi) is 6.48. The summed E-state index contributed by atoms with van der Waals surface area (Å²) in [6.07, 6.45) is 1.56. The molecule has 0 atom stereocenters. The number of anilines is 4. The number of aryl methyl sites for hydroxylation is 1. The summed E-state index contributed by atoms with van der Waals surface area (Å²) in [4.78, 5) is 11.0. The molecule has 25 heavy (non-hydrogen) atoms. The highest BCUT2D eigenvalue weighted by Gasteiger charge is 2.18. The van der Waals surface area contributed by atoms with Crippen LogP contribution in [0.15, 0.2) is 24.5 Å². The van der Waals surface area contributed by atoms with Crippen molar-refractivity contribution in [2.75, 3.05) is 29.0 Å². The molecule has 0 aliphatic carbocycles. The molecule has 0 bridgehead atoms. The Morgan fingerprint density at radius 2 is 1.76 bits per heavy atom. The van der Waals surface area contributed by atoms with Crippen LogP contribution in [0.1, 0.15) is 33.3 Å². The van der Waals surface area contributed by atoms with E-state index >= 15 is 0 Å². The van der Waals surface area contributed by atoms with Crippen molar-refractivity contribution in [1.29, 1.82) is 0 Å². The van der Waals surface area contributed by atoms with Gasteiger partial charge >= 0.3 is 0 Å². The zero-order valence-electron chi connectivity index (χ0n) is 15.7. The van der Waals surface area contributed by atoms with Crippen molar-refractivity contribution in [3.63, 3.8) is 0 Å². The number of hydrogen-bond acceptors (Lipinski definition) is 5. The van der Waals surface area contributed by atoms with Crippen LogP contribution >= 0.6 is 11.6 Å². The molecule has 0 radical (unpaired) electrons. The fourth-order valence-corrected chi connectivity index (χ4v) is 2.99. The topological polar surface area (TPSA) is 67.1 Å². The molecule has 0 amide bonds. The van der Waals surface area contributed by atoms with Gasteiger partial charge in [0.05, 0.1) is 0 Å². The molecule has 2 rings (SSSR count). The molecule has 0 saturated carbocycles. The number of rotatable bonds is 7. The van der Waals surface area contributed by atoms with E-state index < -0.39 is 0 Å². The maximum Gasteiger partial charge on any atom is 0.159 e. The maximum atomic E-state index is 6.41. The zero-order valence-corrected chi connectivity index (χ0v) is 16.4. The van der Waals surface area contributed by atoms with Crippen LogP contribution in [0.5, 0.6) is 0 Å². The highest BCUT2D eigenvalue weighted by Crippen LogP contribution is 2.31. The predicted octanol–water partition coefficient (Wildman–Crippen LogP) is 4.88. The van der Waals surface area contributed by atoms with Crippen LogP contribution in [0.4, 0.5) is 23.0 Å². The molecule has 136 valence electrons. The molecular weight excluding hydrogens is 334 g/mol. The Morgan fingerprint density at radius 1 is 1.12 bits per heavy atom. The third-order valence-electron chi connectivity index (χ3n) is 3.78. The van der Waals surface area contributed by atoms with E-state index in [1.54, 1.807) is 6.33 Å². The molecule has 0 saturated heterocycles. The van der Waals surface area contributed by atoms with Crippen molar-refractivity contribution in [3.05, 3.63) is 35.1 Å². The lowest BCUT2D eigenvalue weighted by Crippen LogP contribution is -2.32. The number of nitrogen functional groups attached to an aromatic ring is 1. The Morgan fingerprint density at radius 3 is 2.32 bits per heavy atom. The van der Waals surface area contributed by atoms with E-state index in [-0.39, 0.29) is 0 Å². The quantitative estimate of drug-likeness (QED) is 0.735. The fourth-order valence-electron chi connectivity index (χ4n) is 2.76. The Hall–Kier alpha value is -2.01. The smallest absolute Gasteiger partial charge is 0.159 e. The van der Waals surface area contributed by atoms with Gasteiger partial charge in [-0.25, -0.2) is 9.97 Å². The van der Waals surface area contributed by atoms with Crippen LogP contribution in [0, 0.1) is 18.8 Å². The number of nitrogens with zero attached hydrogens (tertiary/aromatic N) is 3. The number of nitrogens with two attached hydrogens (primary N) is 1. The summed E-state index contributed by atoms with van der Waals surface area (Å²) in [5, 5.41) is 4.02. The van der Waals surface area contributed by atoms with Crippen molar-refractivity contribution in [2.45, 2.75) is 34.6 Å². The highest BCUT2D eigenvalue weighted by atomic mass is 35.5. The van der Waals surface area contributed by atoms with Gasteiger partial charge in [0.25, 0.3) is 0 Å². The summed E-state index contributed by atoms with van der Waals surface area (Å²) in [5.41, 5.74) is 8.94. The summed E-state index contributed by atoms with van der Waals surface area (Å²) in [5.74, 6) is 2.44. The average Bonchev–Trinajstić information content (AvgIpc) is 2.50. The summed E-state index contributed by atoms with van der Waals surface area (Å²) < 4.78 is 0. The second kappa shape index (κ2) is 8.39. The first kappa shape index (κ1) is 19.3. The number of benzene rings is 1. The van der Waals surface area contributed by atoms with Crippen LogP contribution < -0.4 is 16.0 Å². The van der Waals surface area contributed by atoms with Gasteiger partial charge in [0.1, 0.15) is 12.0 Å². The van der Waals surface area contributed by atoms with Crippen molar-refractivity contribution >= 4 is 34.6 Å². The molecule has 1 heterocycles. The lowest BCUT2D eigenvalue weighted by atomic mass is 10.1. The first-order valence-electron chi connectivity index (χ1n) is 8.66. The van der Waals surface area contributed by atoms with Gasteiger partial charge in [-0.3, -0.25) is 0 Å². The lowest BCUT2D eigenvalue weighted by molar-refractivity contribution is 0.549. The molecule has 0 aliphatic heterocycles. The first-order chi connectivity index (χ1) is 11.8. The van der Waals surface area contributed by atoms with E-state index in [2.05, 4.69) is 47.9 Å². The van der Waals surface area contributed by atoms with Crippen LogP contribution in [-0.4, -0.2) is 23.1 Å². The molecule has 0 aliphatic rings. The molecule has 5 nitrogen and oxygen atoms in total. The molecule has 0 unspecified atom stereocenters. The van der Waals surface area contributed by atoms with Crippen molar-refractivity contribution < 1.29 is 0 Å². The molecule has 1 aromatic carbocycles. The Bertz CT molecular complexity index is 705. The van der Waals surface area contributed by atoms with E-state index in [1.165, 1.54) is 0 Å². The van der Waals surface area contributed by atoms with Gasteiger partial charge in [-0.1, -0.05) is 39.3 Å². The third-order valence-corrected chi connectivity index (χ3v) is 4.01. The standard InChI is InChI=1S/C19H28ClN5/c1-12(2)9-25(10-13(3)4)19-17(21)18(22-11-23-19)24-16-7-6-15(20)8-14(16)5/h6-8,11-13H,9-10,21H2,1-5H3,(H,22,23,24).